The van der Waals surface area contributed by atoms with Gasteiger partial charge < -0.3 is 4.90 Å². The molecular weight excluding hydrogens is 517 g/mol. The maximum atomic E-state index is 13.0. The van der Waals surface area contributed by atoms with Crippen molar-refractivity contribution in [2.24, 2.45) is 5.92 Å². The second-order valence-electron chi connectivity index (χ2n) is 8.78. The highest BCUT2D eigenvalue weighted by molar-refractivity contribution is 14.1. The number of hydrogen-bond acceptors (Lipinski definition) is 4. The van der Waals surface area contributed by atoms with Gasteiger partial charge in [-0.15, -0.1) is 0 Å². The van der Waals surface area contributed by atoms with Gasteiger partial charge in [0.1, 0.15) is 0 Å². The van der Waals surface area contributed by atoms with Gasteiger partial charge in [-0.25, -0.2) is 4.79 Å². The van der Waals surface area contributed by atoms with Gasteiger partial charge in [0, 0.05) is 36.8 Å². The molecule has 2 aliphatic rings. The molecule has 6 nitrogen and oxygen atoms in total. The van der Waals surface area contributed by atoms with Gasteiger partial charge in [-0.3, -0.25) is 14.2 Å². The smallest absolute Gasteiger partial charge is 0.302 e. The Hall–Kier alpha value is -2.52. The molecule has 0 unspecified atom stereocenters. The van der Waals surface area contributed by atoms with E-state index in [1.54, 1.807) is 36.5 Å². The highest BCUT2D eigenvalue weighted by Gasteiger charge is 2.60. The van der Waals surface area contributed by atoms with Crippen LogP contribution in [-0.4, -0.2) is 39.6 Å². The molecule has 2 heterocycles. The first kappa shape index (κ1) is 21.3. The lowest BCUT2D eigenvalue weighted by Gasteiger charge is -2.21. The molecule has 5 rings (SSSR count). The Labute approximate surface area is 199 Å². The van der Waals surface area contributed by atoms with Gasteiger partial charge >= 0.3 is 5.69 Å². The Morgan fingerprint density at radius 3 is 2.41 bits per heavy atom. The molecule has 2 aromatic carbocycles. The average molecular weight is 541 g/mol. The number of carbonyl (C=O) groups excluding carboxylic acids is 1. The summed E-state index contributed by atoms with van der Waals surface area (Å²) in [5, 5.41) is 0. The number of hydrogen-bond donors (Lipinski definition) is 0. The number of likely N-dealkylation sites (tertiary alicyclic amines) is 1. The molecule has 1 saturated heterocycles. The van der Waals surface area contributed by atoms with Gasteiger partial charge in [0.2, 0.25) is 0 Å². The number of piperidine rings is 1. The third-order valence-electron chi connectivity index (χ3n) is 6.78. The van der Waals surface area contributed by atoms with Crippen LogP contribution in [-0.2, 0) is 12.0 Å². The summed E-state index contributed by atoms with van der Waals surface area (Å²) in [5.41, 5.74) is 0.926. The highest BCUT2D eigenvalue weighted by atomic mass is 127. The third-order valence-corrected chi connectivity index (χ3v) is 7.52. The van der Waals surface area contributed by atoms with Gasteiger partial charge in [-0.2, -0.15) is 4.57 Å². The van der Waals surface area contributed by atoms with E-state index in [1.165, 1.54) is 16.6 Å². The van der Waals surface area contributed by atoms with E-state index < -0.39 is 17.2 Å². The lowest BCUT2D eigenvalue weighted by Crippen LogP contribution is -2.45. The van der Waals surface area contributed by atoms with Crippen LogP contribution in [0.2, 0.25) is 0 Å². The van der Waals surface area contributed by atoms with Gasteiger partial charge in [0.15, 0.2) is 0 Å². The van der Waals surface area contributed by atoms with Gasteiger partial charge in [0.25, 0.3) is 11.5 Å². The molecule has 32 heavy (non-hydrogen) atoms. The Kier molecular flexibility index (Phi) is 5.63. The van der Waals surface area contributed by atoms with E-state index in [9.17, 15) is 14.4 Å². The summed E-state index contributed by atoms with van der Waals surface area (Å²) in [7, 11) is 0. The second-order valence-corrected chi connectivity index (χ2v) is 9.94. The summed E-state index contributed by atoms with van der Waals surface area (Å²) in [6.45, 7) is 3.50. The molecule has 0 N–H and O–H groups in total. The van der Waals surface area contributed by atoms with Crippen molar-refractivity contribution in [3.8, 4) is 0 Å². The lowest BCUT2D eigenvalue weighted by molar-refractivity contribution is 0.0948. The Bertz CT molecular complexity index is 1270. The van der Waals surface area contributed by atoms with E-state index >= 15 is 0 Å². The SMILES string of the molecule is O=C(c1ccccc1)n1c(=O)c(I)cn(CCCN2C[C@@H]3C[C@]3(c3ccccc3)C2)c1=O. The second kappa shape index (κ2) is 8.44. The average Bonchev–Trinajstić information content (AvgIpc) is 3.39. The summed E-state index contributed by atoms with van der Waals surface area (Å²) in [5.74, 6) is 0.135. The molecule has 1 aliphatic carbocycles. The minimum absolute atomic E-state index is 0.308. The number of carbonyl (C=O) groups is 1. The first-order valence-electron chi connectivity index (χ1n) is 10.9. The molecule has 7 heteroatoms. The molecule has 0 radical (unpaired) electrons. The van der Waals surface area contributed by atoms with Crippen LogP contribution >= 0.6 is 22.6 Å². The van der Waals surface area contributed by atoms with Crippen molar-refractivity contribution in [1.82, 2.24) is 14.0 Å². The Morgan fingerprint density at radius 1 is 1.00 bits per heavy atom. The molecule has 3 aromatic rings. The zero-order chi connectivity index (χ0) is 22.3. The topological polar surface area (TPSA) is 64.3 Å². The minimum atomic E-state index is -0.586. The van der Waals surface area contributed by atoms with Crippen LogP contribution in [0.4, 0.5) is 0 Å². The summed E-state index contributed by atoms with van der Waals surface area (Å²) < 4.78 is 2.61. The van der Waals surface area contributed by atoms with E-state index in [2.05, 4.69) is 35.2 Å². The van der Waals surface area contributed by atoms with E-state index in [4.69, 9.17) is 0 Å². The van der Waals surface area contributed by atoms with Crippen molar-refractivity contribution in [1.29, 1.82) is 0 Å². The number of aromatic nitrogens is 2. The van der Waals surface area contributed by atoms with Crippen LogP contribution in [0.25, 0.3) is 0 Å². The minimum Gasteiger partial charge on any atom is -0.302 e. The fourth-order valence-corrected chi connectivity index (χ4v) is 5.63. The molecule has 1 aliphatic heterocycles. The fraction of sp³-hybridized carbons (Fsp3) is 0.320. The lowest BCUT2D eigenvalue weighted by atomic mass is 9.95. The molecule has 0 spiro atoms. The van der Waals surface area contributed by atoms with Crippen LogP contribution in [0.5, 0.6) is 0 Å². The van der Waals surface area contributed by atoms with Crippen molar-refractivity contribution in [3.05, 3.63) is 102 Å². The van der Waals surface area contributed by atoms with Gasteiger partial charge in [-0.05, 0) is 65.6 Å². The Morgan fingerprint density at radius 2 is 1.69 bits per heavy atom. The maximum Gasteiger partial charge on any atom is 0.338 e. The van der Waals surface area contributed by atoms with Gasteiger partial charge in [-0.1, -0.05) is 48.5 Å². The standard InChI is InChI=1S/C25H24IN3O3/c26-21-16-28(24(32)29(23(21)31)22(30)18-8-3-1-4-9-18)13-7-12-27-15-20-14-25(20,17-27)19-10-5-2-6-11-19/h1-6,8-11,16,20H,7,12-15,17H2/t20-,25+/m0/s1. The van der Waals surface area contributed by atoms with Crippen LogP contribution in [0.3, 0.4) is 0 Å². The van der Waals surface area contributed by atoms with Crippen LogP contribution in [0.1, 0.15) is 28.8 Å². The first-order valence-corrected chi connectivity index (χ1v) is 12.0. The van der Waals surface area contributed by atoms with Crippen LogP contribution < -0.4 is 11.2 Å². The van der Waals surface area contributed by atoms with Crippen molar-refractivity contribution in [3.63, 3.8) is 0 Å². The summed E-state index contributed by atoms with van der Waals surface area (Å²) in [6, 6.07) is 19.2. The van der Waals surface area contributed by atoms with E-state index in [-0.39, 0.29) is 0 Å². The number of benzene rings is 2. The first-order chi connectivity index (χ1) is 15.5. The van der Waals surface area contributed by atoms with Gasteiger partial charge in [0.05, 0.1) is 3.57 Å². The van der Waals surface area contributed by atoms with E-state index in [0.29, 0.717) is 21.1 Å². The molecule has 0 bridgehead atoms. The van der Waals surface area contributed by atoms with Crippen molar-refractivity contribution in [2.75, 3.05) is 19.6 Å². The largest absolute Gasteiger partial charge is 0.338 e. The molecule has 1 aromatic heterocycles. The number of fused-ring (bicyclic) bond motifs is 1. The maximum absolute atomic E-state index is 13.0. The number of halogens is 1. The van der Waals surface area contributed by atoms with E-state index in [1.807, 2.05) is 22.6 Å². The number of aryl methyl sites for hydroxylation is 1. The zero-order valence-corrected chi connectivity index (χ0v) is 19.8. The Balaban J connectivity index is 1.28. The van der Waals surface area contributed by atoms with Crippen molar-refractivity contribution < 1.29 is 4.79 Å². The summed E-state index contributed by atoms with van der Waals surface area (Å²) in [4.78, 5) is 40.8. The molecule has 2 atom stereocenters. The zero-order valence-electron chi connectivity index (χ0n) is 17.6. The normalized spacial score (nSPS) is 22.0. The van der Waals surface area contributed by atoms with Crippen molar-refractivity contribution >= 4 is 28.5 Å². The monoisotopic (exact) mass is 541 g/mol. The predicted octanol–water partition coefficient (Wildman–Crippen LogP) is 2.97. The van der Waals surface area contributed by atoms with Crippen LogP contribution in [0.15, 0.2) is 76.4 Å². The van der Waals surface area contributed by atoms with Crippen LogP contribution in [0, 0.1) is 9.49 Å². The molecular formula is C25H24IN3O3. The number of nitrogens with zero attached hydrogens (tertiary/aromatic N) is 3. The molecule has 0 amide bonds. The fourth-order valence-electron chi connectivity index (χ4n) is 5.06. The summed E-state index contributed by atoms with van der Waals surface area (Å²) in [6.07, 6.45) is 3.61. The quantitative estimate of drug-likeness (QED) is 0.451. The predicted molar refractivity (Wildman–Crippen MR) is 131 cm³/mol. The third kappa shape index (κ3) is 3.77. The highest BCUT2D eigenvalue weighted by Crippen LogP contribution is 2.58. The molecule has 164 valence electrons. The van der Waals surface area contributed by atoms with Crippen molar-refractivity contribution in [2.45, 2.75) is 24.8 Å². The number of rotatable bonds is 6. The summed E-state index contributed by atoms with van der Waals surface area (Å²) >= 11 is 1.90. The van der Waals surface area contributed by atoms with E-state index in [0.717, 1.165) is 36.5 Å². The molecule has 2 fully saturated rings. The molecule has 1 saturated carbocycles.